The average Bonchev–Trinajstić information content (AvgIpc) is 2.71. The van der Waals surface area contributed by atoms with Gasteiger partial charge in [0.2, 0.25) is 6.41 Å². The summed E-state index contributed by atoms with van der Waals surface area (Å²) in [7, 11) is 0. The number of benzene rings is 1. The summed E-state index contributed by atoms with van der Waals surface area (Å²) < 4.78 is 0. The maximum atomic E-state index is 11.0. The number of anilines is 1. The summed E-state index contributed by atoms with van der Waals surface area (Å²) in [5.41, 5.74) is 0.523. The lowest BCUT2D eigenvalue weighted by molar-refractivity contribution is -0.115. The van der Waals surface area contributed by atoms with Gasteiger partial charge in [0.25, 0.3) is 5.91 Å². The van der Waals surface area contributed by atoms with Crippen LogP contribution in [0.3, 0.4) is 0 Å². The third-order valence-electron chi connectivity index (χ3n) is 2.04. The molecule has 0 aliphatic carbocycles. The van der Waals surface area contributed by atoms with Crippen LogP contribution in [0.2, 0.25) is 10.0 Å². The Labute approximate surface area is 112 Å². The van der Waals surface area contributed by atoms with Crippen molar-refractivity contribution in [2.45, 2.75) is 0 Å². The van der Waals surface area contributed by atoms with E-state index in [1.54, 1.807) is 18.2 Å². The number of nitrogens with zero attached hydrogens (tertiary/aromatic N) is 2. The Kier molecular flexibility index (Phi) is 3.71. The maximum Gasteiger partial charge on any atom is 0.258 e. The molecule has 0 saturated heterocycles. The van der Waals surface area contributed by atoms with Crippen LogP contribution in [0.4, 0.5) is 5.69 Å². The van der Waals surface area contributed by atoms with Crippen LogP contribution >= 0.6 is 35.0 Å². The van der Waals surface area contributed by atoms with E-state index in [1.807, 2.05) is 0 Å². The molecule has 0 atom stereocenters. The summed E-state index contributed by atoms with van der Waals surface area (Å²) in [6.45, 7) is 0. The average molecular weight is 289 g/mol. The van der Waals surface area contributed by atoms with Crippen molar-refractivity contribution in [3.63, 3.8) is 0 Å². The van der Waals surface area contributed by atoms with Gasteiger partial charge < -0.3 is 0 Å². The van der Waals surface area contributed by atoms with Crippen molar-refractivity contribution in [2.75, 3.05) is 10.7 Å². The van der Waals surface area contributed by atoms with Crippen LogP contribution in [-0.4, -0.2) is 23.2 Å². The monoisotopic (exact) mass is 288 g/mol. The van der Waals surface area contributed by atoms with Gasteiger partial charge in [0.1, 0.15) is 0 Å². The van der Waals surface area contributed by atoms with Crippen LogP contribution < -0.4 is 4.90 Å². The zero-order chi connectivity index (χ0) is 12.4. The molecule has 1 aromatic rings. The molecule has 2 rings (SSSR count). The lowest BCUT2D eigenvalue weighted by atomic mass is 10.3. The lowest BCUT2D eigenvalue weighted by Gasteiger charge is -2.16. The van der Waals surface area contributed by atoms with Crippen LogP contribution in [0.15, 0.2) is 23.2 Å². The Morgan fingerprint density at radius 3 is 2.65 bits per heavy atom. The molecule has 0 saturated carbocycles. The molecule has 1 aliphatic rings. The van der Waals surface area contributed by atoms with Crippen molar-refractivity contribution in [3.8, 4) is 0 Å². The normalized spacial score (nSPS) is 14.7. The fraction of sp³-hybridized carbons (Fsp3) is 0.100. The zero-order valence-electron chi connectivity index (χ0n) is 8.39. The molecule has 4 nitrogen and oxygen atoms in total. The fourth-order valence-corrected chi connectivity index (χ4v) is 2.34. The molecule has 7 heteroatoms. The van der Waals surface area contributed by atoms with Crippen molar-refractivity contribution in [2.24, 2.45) is 4.99 Å². The maximum absolute atomic E-state index is 11.0. The summed E-state index contributed by atoms with van der Waals surface area (Å²) in [6.07, 6.45) is 0.587. The van der Waals surface area contributed by atoms with Gasteiger partial charge in [-0.3, -0.25) is 14.5 Å². The quantitative estimate of drug-likeness (QED) is 0.786. The second-order valence-electron chi connectivity index (χ2n) is 3.15. The van der Waals surface area contributed by atoms with E-state index in [1.165, 1.54) is 16.7 Å². The van der Waals surface area contributed by atoms with E-state index in [4.69, 9.17) is 23.2 Å². The van der Waals surface area contributed by atoms with E-state index in [0.717, 1.165) is 0 Å². The van der Waals surface area contributed by atoms with E-state index in [9.17, 15) is 9.59 Å². The third kappa shape index (κ3) is 2.62. The molecule has 88 valence electrons. The first-order valence-electron chi connectivity index (χ1n) is 4.55. The Balaban J connectivity index is 2.35. The molecule has 1 heterocycles. The van der Waals surface area contributed by atoms with Crippen molar-refractivity contribution in [1.82, 2.24) is 0 Å². The minimum absolute atomic E-state index is 0.251. The van der Waals surface area contributed by atoms with E-state index < -0.39 is 0 Å². The van der Waals surface area contributed by atoms with Crippen LogP contribution in [0.1, 0.15) is 0 Å². The van der Waals surface area contributed by atoms with Crippen molar-refractivity contribution in [1.29, 1.82) is 0 Å². The minimum atomic E-state index is -0.253. The Morgan fingerprint density at radius 1 is 1.35 bits per heavy atom. The van der Waals surface area contributed by atoms with E-state index in [0.29, 0.717) is 27.3 Å². The highest BCUT2D eigenvalue weighted by Gasteiger charge is 2.22. The molecule has 0 fully saturated rings. The first-order chi connectivity index (χ1) is 8.11. The van der Waals surface area contributed by atoms with Gasteiger partial charge in [-0.15, -0.1) is 0 Å². The number of hydrogen-bond acceptors (Lipinski definition) is 3. The second kappa shape index (κ2) is 5.08. The summed E-state index contributed by atoms with van der Waals surface area (Å²) in [5.74, 6) is -0.00187. The van der Waals surface area contributed by atoms with Gasteiger partial charge in [-0.2, -0.15) is 4.99 Å². The molecule has 1 aromatic carbocycles. The summed E-state index contributed by atoms with van der Waals surface area (Å²) in [6, 6.07) is 4.76. The number of amidine groups is 1. The molecule has 17 heavy (non-hydrogen) atoms. The van der Waals surface area contributed by atoms with Gasteiger partial charge in [0.15, 0.2) is 5.17 Å². The number of rotatable bonds is 2. The SMILES string of the molecule is O=CN(C1=NC(=O)CS1)c1ccc(Cl)c(Cl)c1. The largest absolute Gasteiger partial charge is 0.278 e. The molecular weight excluding hydrogens is 283 g/mol. The summed E-state index contributed by atoms with van der Waals surface area (Å²) in [4.78, 5) is 27.1. The summed E-state index contributed by atoms with van der Waals surface area (Å²) >= 11 is 12.9. The van der Waals surface area contributed by atoms with Crippen molar-refractivity contribution >= 4 is 58.1 Å². The molecule has 0 N–H and O–H groups in total. The highest BCUT2D eigenvalue weighted by atomic mass is 35.5. The van der Waals surface area contributed by atoms with Gasteiger partial charge >= 0.3 is 0 Å². The molecule has 0 spiro atoms. The smallest absolute Gasteiger partial charge is 0.258 e. The van der Waals surface area contributed by atoms with Gasteiger partial charge in [-0.1, -0.05) is 35.0 Å². The highest BCUT2D eigenvalue weighted by Crippen LogP contribution is 2.29. The van der Waals surface area contributed by atoms with Gasteiger partial charge in [-0.05, 0) is 18.2 Å². The highest BCUT2D eigenvalue weighted by molar-refractivity contribution is 8.15. The Bertz CT molecular complexity index is 519. The molecule has 0 radical (unpaired) electrons. The molecule has 0 bridgehead atoms. The van der Waals surface area contributed by atoms with Crippen molar-refractivity contribution in [3.05, 3.63) is 28.2 Å². The molecule has 0 unspecified atom stereocenters. The first-order valence-corrected chi connectivity index (χ1v) is 6.30. The predicted octanol–water partition coefficient (Wildman–Crippen LogP) is 2.59. The molecule has 2 amide bonds. The number of aliphatic imine (C=N–C) groups is 1. The standard InChI is InChI=1S/C10H6Cl2N2O2S/c11-7-2-1-6(3-8(7)12)14(5-15)10-13-9(16)4-17-10/h1-3,5H,4H2. The fourth-order valence-electron chi connectivity index (χ4n) is 1.27. The van der Waals surface area contributed by atoms with E-state index in [-0.39, 0.29) is 11.7 Å². The van der Waals surface area contributed by atoms with Gasteiger partial charge in [-0.25, -0.2) is 0 Å². The minimum Gasteiger partial charge on any atom is -0.278 e. The number of amides is 2. The number of hydrogen-bond donors (Lipinski definition) is 0. The molecule has 1 aliphatic heterocycles. The van der Waals surface area contributed by atoms with Gasteiger partial charge in [0.05, 0.1) is 21.5 Å². The van der Waals surface area contributed by atoms with Gasteiger partial charge in [0, 0.05) is 0 Å². The lowest BCUT2D eigenvalue weighted by Crippen LogP contribution is -2.25. The zero-order valence-corrected chi connectivity index (χ0v) is 10.7. The van der Waals surface area contributed by atoms with Crippen LogP contribution in [0.5, 0.6) is 0 Å². The predicted molar refractivity (Wildman–Crippen MR) is 69.9 cm³/mol. The third-order valence-corrected chi connectivity index (χ3v) is 3.71. The Morgan fingerprint density at radius 2 is 2.12 bits per heavy atom. The second-order valence-corrected chi connectivity index (χ2v) is 4.91. The number of carbonyl (C=O) groups excluding carboxylic acids is 2. The Hall–Kier alpha value is -1.04. The van der Waals surface area contributed by atoms with E-state index in [2.05, 4.69) is 4.99 Å². The number of thioether (sulfide) groups is 1. The van der Waals surface area contributed by atoms with Crippen LogP contribution in [0.25, 0.3) is 0 Å². The topological polar surface area (TPSA) is 49.7 Å². The van der Waals surface area contributed by atoms with E-state index >= 15 is 0 Å². The first kappa shape index (κ1) is 12.4. The molecule has 0 aromatic heterocycles. The van der Waals surface area contributed by atoms with Crippen molar-refractivity contribution < 1.29 is 9.59 Å². The number of carbonyl (C=O) groups is 2. The van der Waals surface area contributed by atoms with Crippen LogP contribution in [-0.2, 0) is 9.59 Å². The molecular formula is C10H6Cl2N2O2S. The van der Waals surface area contributed by atoms with Crippen LogP contribution in [0, 0.1) is 0 Å². The summed E-state index contributed by atoms with van der Waals surface area (Å²) in [5, 5.41) is 1.09. The number of halogens is 2.